The molecule has 2 aliphatic rings. The molecule has 2 unspecified atom stereocenters. The Bertz CT molecular complexity index is 316. The van der Waals surface area contributed by atoms with Gasteiger partial charge in [0.1, 0.15) is 0 Å². The van der Waals surface area contributed by atoms with Gasteiger partial charge in [0, 0.05) is 44.7 Å². The highest BCUT2D eigenvalue weighted by atomic mass is 16.5. The van der Waals surface area contributed by atoms with Gasteiger partial charge in [0.2, 0.25) is 5.91 Å². The molecular weight excluding hydrogens is 254 g/mol. The van der Waals surface area contributed by atoms with Crippen LogP contribution in [-0.2, 0) is 9.53 Å². The summed E-state index contributed by atoms with van der Waals surface area (Å²) in [6.45, 7) is 4.33. The number of methoxy groups -OCH3 is 1. The summed E-state index contributed by atoms with van der Waals surface area (Å²) in [5.74, 6) is 0.917. The van der Waals surface area contributed by atoms with Gasteiger partial charge in [-0.3, -0.25) is 9.69 Å². The number of amides is 1. The minimum Gasteiger partial charge on any atom is -0.383 e. The van der Waals surface area contributed by atoms with Gasteiger partial charge in [-0.15, -0.1) is 0 Å². The number of nitrogens with two attached hydrogens (primary N) is 1. The number of carbonyl (C=O) groups excluding carboxylic acids is 1. The van der Waals surface area contributed by atoms with Crippen molar-refractivity contribution in [1.82, 2.24) is 10.2 Å². The van der Waals surface area contributed by atoms with Crippen molar-refractivity contribution in [2.24, 2.45) is 11.7 Å². The summed E-state index contributed by atoms with van der Waals surface area (Å²) in [7, 11) is 1.72. The highest BCUT2D eigenvalue weighted by Gasteiger charge is 2.35. The Labute approximate surface area is 122 Å². The zero-order chi connectivity index (χ0) is 14.5. The Morgan fingerprint density at radius 3 is 2.60 bits per heavy atom. The van der Waals surface area contributed by atoms with Gasteiger partial charge in [-0.05, 0) is 38.5 Å². The largest absolute Gasteiger partial charge is 0.383 e. The van der Waals surface area contributed by atoms with Crippen molar-refractivity contribution in [1.29, 1.82) is 0 Å². The topological polar surface area (TPSA) is 67.6 Å². The summed E-state index contributed by atoms with van der Waals surface area (Å²) in [4.78, 5) is 14.4. The van der Waals surface area contributed by atoms with Crippen molar-refractivity contribution in [3.8, 4) is 0 Å². The third kappa shape index (κ3) is 4.72. The summed E-state index contributed by atoms with van der Waals surface area (Å²) >= 11 is 0. The van der Waals surface area contributed by atoms with Crippen LogP contribution in [0.3, 0.4) is 0 Å². The lowest BCUT2D eigenvalue weighted by atomic mass is 10.1. The number of nitrogens with one attached hydrogen (secondary N) is 1. The smallest absolute Gasteiger partial charge is 0.221 e. The van der Waals surface area contributed by atoms with Gasteiger partial charge in [0.25, 0.3) is 0 Å². The summed E-state index contributed by atoms with van der Waals surface area (Å²) < 4.78 is 5.21. The van der Waals surface area contributed by atoms with E-state index in [1.54, 1.807) is 7.11 Å². The van der Waals surface area contributed by atoms with Gasteiger partial charge in [0.15, 0.2) is 0 Å². The molecule has 0 heterocycles. The van der Waals surface area contributed by atoms with Crippen LogP contribution in [0.5, 0.6) is 0 Å². The van der Waals surface area contributed by atoms with Crippen LogP contribution in [0.1, 0.15) is 39.0 Å². The highest BCUT2D eigenvalue weighted by molar-refractivity contribution is 5.77. The normalized spacial score (nSPS) is 21.8. The molecule has 0 saturated heterocycles. The van der Waals surface area contributed by atoms with Crippen molar-refractivity contribution in [2.75, 3.05) is 26.8 Å². The van der Waals surface area contributed by atoms with E-state index in [2.05, 4.69) is 17.1 Å². The lowest BCUT2D eigenvalue weighted by Gasteiger charge is -2.35. The molecule has 5 heteroatoms. The molecule has 1 amide bonds. The van der Waals surface area contributed by atoms with Gasteiger partial charge in [-0.25, -0.2) is 0 Å². The second-order valence-electron chi connectivity index (χ2n) is 6.24. The van der Waals surface area contributed by atoms with Gasteiger partial charge >= 0.3 is 0 Å². The average Bonchev–Trinajstić information content (AvgIpc) is 3.29. The number of carbonyl (C=O) groups is 1. The molecule has 0 aromatic rings. The fourth-order valence-electron chi connectivity index (χ4n) is 2.83. The minimum absolute atomic E-state index is 0.125. The third-order valence-corrected chi connectivity index (χ3v) is 4.49. The minimum atomic E-state index is 0.125. The first-order valence-corrected chi connectivity index (χ1v) is 7.89. The van der Waals surface area contributed by atoms with Crippen LogP contribution < -0.4 is 11.1 Å². The summed E-state index contributed by atoms with van der Waals surface area (Å²) in [5.41, 5.74) is 5.94. The maximum Gasteiger partial charge on any atom is 0.221 e. The van der Waals surface area contributed by atoms with Crippen molar-refractivity contribution >= 4 is 5.91 Å². The van der Waals surface area contributed by atoms with Crippen molar-refractivity contribution in [3.05, 3.63) is 0 Å². The number of hydrogen-bond acceptors (Lipinski definition) is 4. The van der Waals surface area contributed by atoms with Gasteiger partial charge in [0.05, 0.1) is 6.61 Å². The molecule has 0 spiro atoms. The van der Waals surface area contributed by atoms with Crippen LogP contribution in [-0.4, -0.2) is 55.7 Å². The van der Waals surface area contributed by atoms with Crippen LogP contribution in [0.4, 0.5) is 0 Å². The van der Waals surface area contributed by atoms with Crippen molar-refractivity contribution < 1.29 is 9.53 Å². The summed E-state index contributed by atoms with van der Waals surface area (Å²) in [5, 5.41) is 3.06. The van der Waals surface area contributed by atoms with E-state index in [9.17, 15) is 4.79 Å². The second kappa shape index (κ2) is 7.38. The molecule has 116 valence electrons. The molecule has 5 nitrogen and oxygen atoms in total. The Morgan fingerprint density at radius 2 is 2.10 bits per heavy atom. The first-order chi connectivity index (χ1) is 9.65. The Morgan fingerprint density at radius 1 is 1.40 bits per heavy atom. The fraction of sp³-hybridized carbons (Fsp3) is 0.933. The van der Waals surface area contributed by atoms with E-state index in [1.165, 1.54) is 12.8 Å². The van der Waals surface area contributed by atoms with E-state index >= 15 is 0 Å². The molecule has 2 rings (SSSR count). The lowest BCUT2D eigenvalue weighted by molar-refractivity contribution is -0.122. The van der Waals surface area contributed by atoms with E-state index in [4.69, 9.17) is 10.5 Å². The maximum absolute atomic E-state index is 12.0. The van der Waals surface area contributed by atoms with E-state index in [-0.39, 0.29) is 11.9 Å². The Balaban J connectivity index is 1.88. The molecule has 0 aliphatic heterocycles. The Kier molecular flexibility index (Phi) is 5.81. The van der Waals surface area contributed by atoms with Crippen molar-refractivity contribution in [2.45, 2.75) is 57.2 Å². The number of nitrogens with zero attached hydrogens (tertiary/aromatic N) is 1. The zero-order valence-corrected chi connectivity index (χ0v) is 12.8. The molecule has 2 atom stereocenters. The summed E-state index contributed by atoms with van der Waals surface area (Å²) in [6.07, 6.45) is 5.37. The standard InChI is InChI=1S/C15H29N3O2/c1-11(12-3-4-12)18(7-8-20-2)14(10-16)9-15(19)17-13-5-6-13/h11-14H,3-10,16H2,1-2H3,(H,17,19). The molecule has 0 radical (unpaired) electrons. The molecule has 0 aromatic carbocycles. The lowest BCUT2D eigenvalue weighted by Crippen LogP contribution is -2.50. The molecule has 0 aromatic heterocycles. The van der Waals surface area contributed by atoms with Gasteiger partial charge < -0.3 is 15.8 Å². The summed E-state index contributed by atoms with van der Waals surface area (Å²) in [6, 6.07) is 1.04. The molecule has 20 heavy (non-hydrogen) atoms. The molecule has 2 fully saturated rings. The average molecular weight is 283 g/mol. The highest BCUT2D eigenvalue weighted by Crippen LogP contribution is 2.36. The van der Waals surface area contributed by atoms with Gasteiger partial charge in [-0.1, -0.05) is 0 Å². The van der Waals surface area contributed by atoms with E-state index in [0.717, 1.165) is 25.3 Å². The monoisotopic (exact) mass is 283 g/mol. The van der Waals surface area contributed by atoms with E-state index in [1.807, 2.05) is 0 Å². The molecule has 3 N–H and O–H groups in total. The van der Waals surface area contributed by atoms with Crippen LogP contribution in [0.15, 0.2) is 0 Å². The third-order valence-electron chi connectivity index (χ3n) is 4.49. The second-order valence-corrected chi connectivity index (χ2v) is 6.24. The maximum atomic E-state index is 12.0. The molecule has 0 bridgehead atoms. The quantitative estimate of drug-likeness (QED) is 0.620. The number of ether oxygens (including phenoxy) is 1. The predicted octanol–water partition coefficient (Wildman–Crippen LogP) is 0.729. The van der Waals surface area contributed by atoms with Crippen LogP contribution >= 0.6 is 0 Å². The number of rotatable bonds is 10. The molecule has 2 aliphatic carbocycles. The van der Waals surface area contributed by atoms with E-state index in [0.29, 0.717) is 31.7 Å². The zero-order valence-electron chi connectivity index (χ0n) is 12.8. The van der Waals surface area contributed by atoms with Crippen LogP contribution in [0.25, 0.3) is 0 Å². The van der Waals surface area contributed by atoms with E-state index < -0.39 is 0 Å². The molecular formula is C15H29N3O2. The fourth-order valence-corrected chi connectivity index (χ4v) is 2.83. The first kappa shape index (κ1) is 15.7. The van der Waals surface area contributed by atoms with Crippen molar-refractivity contribution in [3.63, 3.8) is 0 Å². The molecule has 2 saturated carbocycles. The predicted molar refractivity (Wildman–Crippen MR) is 79.4 cm³/mol. The first-order valence-electron chi connectivity index (χ1n) is 7.89. The van der Waals surface area contributed by atoms with Crippen LogP contribution in [0.2, 0.25) is 0 Å². The SMILES string of the molecule is COCCN(C(CN)CC(=O)NC1CC1)C(C)C1CC1. The van der Waals surface area contributed by atoms with Crippen LogP contribution in [0, 0.1) is 5.92 Å². The Hall–Kier alpha value is -0.650. The van der Waals surface area contributed by atoms with Gasteiger partial charge in [-0.2, -0.15) is 0 Å². The number of hydrogen-bond donors (Lipinski definition) is 2.